The molecule has 0 saturated carbocycles. The molecule has 0 spiro atoms. The van der Waals surface area contributed by atoms with Gasteiger partial charge in [0.2, 0.25) is 0 Å². The Hall–Kier alpha value is -0.980. The molecule has 0 aromatic heterocycles. The number of ether oxygens (including phenoxy) is 1. The van der Waals surface area contributed by atoms with Crippen LogP contribution in [0, 0.1) is 6.92 Å². The minimum absolute atomic E-state index is 0.149. The second-order valence-corrected chi connectivity index (χ2v) is 4.63. The minimum atomic E-state index is 0.149. The number of rotatable bonds is 2. The van der Waals surface area contributed by atoms with E-state index in [1.54, 1.807) is 0 Å². The molecule has 0 aliphatic carbocycles. The predicted molar refractivity (Wildman–Crippen MR) is 61.0 cm³/mol. The van der Waals surface area contributed by atoms with Gasteiger partial charge in [0.05, 0.1) is 6.61 Å². The molecule has 1 heteroatoms. The van der Waals surface area contributed by atoms with Gasteiger partial charge in [-0.15, -0.1) is 0 Å². The summed E-state index contributed by atoms with van der Waals surface area (Å²) < 4.78 is 5.64. The van der Waals surface area contributed by atoms with Crippen LogP contribution in [-0.2, 0) is 5.41 Å². The highest BCUT2D eigenvalue weighted by Gasteiger charge is 2.20. The van der Waals surface area contributed by atoms with E-state index in [1.807, 2.05) is 6.92 Å². The molecule has 0 amide bonds. The van der Waals surface area contributed by atoms with Gasteiger partial charge in [0.25, 0.3) is 0 Å². The van der Waals surface area contributed by atoms with Crippen LogP contribution in [0.1, 0.15) is 38.8 Å². The molecule has 0 heterocycles. The molecule has 14 heavy (non-hydrogen) atoms. The standard InChI is InChI=1S/C13H20O/c1-6-14-11-9-7-8-10(2)12(11)13(3,4)5/h7-9H,6H2,1-5H3. The van der Waals surface area contributed by atoms with Gasteiger partial charge in [0.15, 0.2) is 0 Å². The molecule has 78 valence electrons. The van der Waals surface area contributed by atoms with Crippen LogP contribution in [0.5, 0.6) is 5.75 Å². The molecule has 0 aliphatic heterocycles. The Morgan fingerprint density at radius 2 is 1.86 bits per heavy atom. The Balaban J connectivity index is 3.22. The Bertz CT molecular complexity index is 308. The number of hydrogen-bond acceptors (Lipinski definition) is 1. The molecule has 0 bridgehead atoms. The average Bonchev–Trinajstić information content (AvgIpc) is 2.02. The van der Waals surface area contributed by atoms with Crippen LogP contribution in [0.25, 0.3) is 0 Å². The first-order valence-corrected chi connectivity index (χ1v) is 5.19. The van der Waals surface area contributed by atoms with Crippen molar-refractivity contribution < 1.29 is 4.74 Å². The summed E-state index contributed by atoms with van der Waals surface area (Å²) in [5.74, 6) is 1.03. The van der Waals surface area contributed by atoms with Gasteiger partial charge < -0.3 is 4.74 Å². The lowest BCUT2D eigenvalue weighted by molar-refractivity contribution is 0.329. The minimum Gasteiger partial charge on any atom is -0.494 e. The number of hydrogen-bond donors (Lipinski definition) is 0. The van der Waals surface area contributed by atoms with Crippen molar-refractivity contribution in [3.05, 3.63) is 29.3 Å². The van der Waals surface area contributed by atoms with E-state index in [0.29, 0.717) is 0 Å². The summed E-state index contributed by atoms with van der Waals surface area (Å²) in [6, 6.07) is 6.25. The SMILES string of the molecule is CCOc1cccc(C)c1C(C)(C)C. The third kappa shape index (κ3) is 2.28. The molecule has 1 rings (SSSR count). The highest BCUT2D eigenvalue weighted by Crippen LogP contribution is 2.33. The maximum absolute atomic E-state index is 5.64. The third-order valence-corrected chi connectivity index (χ3v) is 2.28. The first-order chi connectivity index (χ1) is 6.46. The van der Waals surface area contributed by atoms with Crippen molar-refractivity contribution in [3.8, 4) is 5.75 Å². The molecule has 0 unspecified atom stereocenters. The summed E-state index contributed by atoms with van der Waals surface area (Å²) in [5, 5.41) is 0. The molecule has 0 saturated heterocycles. The lowest BCUT2D eigenvalue weighted by atomic mass is 9.83. The first-order valence-electron chi connectivity index (χ1n) is 5.19. The van der Waals surface area contributed by atoms with Gasteiger partial charge in [-0.1, -0.05) is 32.9 Å². The third-order valence-electron chi connectivity index (χ3n) is 2.28. The lowest BCUT2D eigenvalue weighted by Crippen LogP contribution is -2.15. The van der Waals surface area contributed by atoms with Crippen LogP contribution in [0.3, 0.4) is 0 Å². The maximum Gasteiger partial charge on any atom is 0.123 e. The Kier molecular flexibility index (Phi) is 3.20. The molecule has 0 N–H and O–H groups in total. The van der Waals surface area contributed by atoms with Crippen molar-refractivity contribution in [2.45, 2.75) is 40.0 Å². The fraction of sp³-hybridized carbons (Fsp3) is 0.538. The zero-order chi connectivity index (χ0) is 10.8. The van der Waals surface area contributed by atoms with Crippen LogP contribution in [0.2, 0.25) is 0 Å². The fourth-order valence-electron chi connectivity index (χ4n) is 1.88. The second-order valence-electron chi connectivity index (χ2n) is 4.63. The maximum atomic E-state index is 5.64. The second kappa shape index (κ2) is 4.04. The van der Waals surface area contributed by atoms with E-state index in [2.05, 4.69) is 45.9 Å². The van der Waals surface area contributed by atoms with E-state index in [-0.39, 0.29) is 5.41 Å². The van der Waals surface area contributed by atoms with E-state index in [9.17, 15) is 0 Å². The highest BCUT2D eigenvalue weighted by atomic mass is 16.5. The van der Waals surface area contributed by atoms with E-state index in [0.717, 1.165) is 12.4 Å². The van der Waals surface area contributed by atoms with Gasteiger partial charge >= 0.3 is 0 Å². The van der Waals surface area contributed by atoms with Crippen molar-refractivity contribution in [2.24, 2.45) is 0 Å². The zero-order valence-corrected chi connectivity index (χ0v) is 9.85. The van der Waals surface area contributed by atoms with Crippen LogP contribution in [0.4, 0.5) is 0 Å². The quantitative estimate of drug-likeness (QED) is 0.694. The smallest absolute Gasteiger partial charge is 0.123 e. The van der Waals surface area contributed by atoms with Gasteiger partial charge in [-0.25, -0.2) is 0 Å². The van der Waals surface area contributed by atoms with Crippen molar-refractivity contribution in [2.75, 3.05) is 6.61 Å². The summed E-state index contributed by atoms with van der Waals surface area (Å²) in [5.41, 5.74) is 2.78. The molecular weight excluding hydrogens is 172 g/mol. The van der Waals surface area contributed by atoms with Gasteiger partial charge in [-0.2, -0.15) is 0 Å². The van der Waals surface area contributed by atoms with Gasteiger partial charge in [0.1, 0.15) is 5.75 Å². The van der Waals surface area contributed by atoms with Gasteiger partial charge in [-0.3, -0.25) is 0 Å². The zero-order valence-electron chi connectivity index (χ0n) is 9.85. The van der Waals surface area contributed by atoms with Crippen molar-refractivity contribution in [1.29, 1.82) is 0 Å². The van der Waals surface area contributed by atoms with Crippen molar-refractivity contribution in [1.82, 2.24) is 0 Å². The fourth-order valence-corrected chi connectivity index (χ4v) is 1.88. The van der Waals surface area contributed by atoms with Crippen LogP contribution in [-0.4, -0.2) is 6.61 Å². The topological polar surface area (TPSA) is 9.23 Å². The lowest BCUT2D eigenvalue weighted by Gasteiger charge is -2.24. The monoisotopic (exact) mass is 192 g/mol. The number of aryl methyl sites for hydroxylation is 1. The number of benzene rings is 1. The summed E-state index contributed by atoms with van der Waals surface area (Å²) >= 11 is 0. The molecular formula is C13H20O. The van der Waals surface area contributed by atoms with Gasteiger partial charge in [-0.05, 0) is 30.9 Å². The molecule has 0 aliphatic rings. The normalized spacial score (nSPS) is 11.5. The van der Waals surface area contributed by atoms with E-state index >= 15 is 0 Å². The van der Waals surface area contributed by atoms with Crippen LogP contribution >= 0.6 is 0 Å². The van der Waals surface area contributed by atoms with E-state index < -0.39 is 0 Å². The Morgan fingerprint density at radius 1 is 1.21 bits per heavy atom. The predicted octanol–water partition coefficient (Wildman–Crippen LogP) is 3.69. The highest BCUT2D eigenvalue weighted by molar-refractivity contribution is 5.44. The summed E-state index contributed by atoms with van der Waals surface area (Å²) in [4.78, 5) is 0. The summed E-state index contributed by atoms with van der Waals surface area (Å²) in [7, 11) is 0. The largest absolute Gasteiger partial charge is 0.494 e. The molecule has 1 aromatic carbocycles. The Morgan fingerprint density at radius 3 is 2.36 bits per heavy atom. The molecule has 1 aromatic rings. The van der Waals surface area contributed by atoms with Crippen molar-refractivity contribution in [3.63, 3.8) is 0 Å². The van der Waals surface area contributed by atoms with Crippen LogP contribution < -0.4 is 4.74 Å². The molecule has 0 atom stereocenters. The first kappa shape index (κ1) is 11.1. The van der Waals surface area contributed by atoms with E-state index in [1.165, 1.54) is 11.1 Å². The summed E-state index contributed by atoms with van der Waals surface area (Å²) in [6.45, 7) is 11.6. The van der Waals surface area contributed by atoms with Gasteiger partial charge in [0, 0.05) is 5.56 Å². The molecule has 0 fully saturated rings. The van der Waals surface area contributed by atoms with Crippen LogP contribution in [0.15, 0.2) is 18.2 Å². The summed E-state index contributed by atoms with van der Waals surface area (Å²) in [6.07, 6.45) is 0. The average molecular weight is 192 g/mol. The molecule has 0 radical (unpaired) electrons. The molecule has 1 nitrogen and oxygen atoms in total. The van der Waals surface area contributed by atoms with Crippen molar-refractivity contribution >= 4 is 0 Å². The van der Waals surface area contributed by atoms with E-state index in [4.69, 9.17) is 4.74 Å². The Labute approximate surface area is 87.1 Å².